The van der Waals surface area contributed by atoms with E-state index in [-0.39, 0.29) is 5.91 Å². The maximum Gasteiger partial charge on any atom is 0.258 e. The molecule has 0 unspecified atom stereocenters. The van der Waals surface area contributed by atoms with E-state index >= 15 is 0 Å². The fourth-order valence-corrected chi connectivity index (χ4v) is 1.13. The van der Waals surface area contributed by atoms with E-state index in [9.17, 15) is 4.79 Å². The molecule has 0 aromatic heterocycles. The predicted molar refractivity (Wildman–Crippen MR) is 47.1 cm³/mol. The first-order chi connectivity index (χ1) is 5.18. The zero-order valence-electron chi connectivity index (χ0n) is 6.44. The molecule has 60 valence electrons. The second-order valence-corrected chi connectivity index (χ2v) is 3.23. The molecule has 1 aliphatic heterocycles. The molecule has 5 heteroatoms. The second kappa shape index (κ2) is 3.52. The number of nitrogens with zero attached hydrogens (tertiary/aromatic N) is 3. The SMILES string of the molecule is CN(C)C=NC1=NC(=O)CS1. The van der Waals surface area contributed by atoms with Crippen molar-refractivity contribution < 1.29 is 4.79 Å². The van der Waals surface area contributed by atoms with Crippen LogP contribution in [0.3, 0.4) is 0 Å². The van der Waals surface area contributed by atoms with Gasteiger partial charge in [-0.05, 0) is 0 Å². The Balaban J connectivity index is 2.50. The Bertz CT molecular complexity index is 222. The fourth-order valence-electron chi connectivity index (χ4n) is 0.529. The van der Waals surface area contributed by atoms with Gasteiger partial charge in [-0.25, -0.2) is 4.99 Å². The summed E-state index contributed by atoms with van der Waals surface area (Å²) in [5, 5.41) is 0.559. The van der Waals surface area contributed by atoms with Crippen molar-refractivity contribution in [2.45, 2.75) is 0 Å². The molecule has 0 radical (unpaired) electrons. The van der Waals surface area contributed by atoms with Crippen LogP contribution >= 0.6 is 11.8 Å². The lowest BCUT2D eigenvalue weighted by molar-refractivity contribution is -0.115. The van der Waals surface area contributed by atoms with E-state index in [4.69, 9.17) is 0 Å². The highest BCUT2D eigenvalue weighted by atomic mass is 32.2. The molecular formula is C6H9N3OS. The van der Waals surface area contributed by atoms with Gasteiger partial charge in [-0.1, -0.05) is 11.8 Å². The standard InChI is InChI=1S/C6H9N3OS/c1-9(2)4-7-6-8-5(10)3-11-6/h4H,3H2,1-2H3. The van der Waals surface area contributed by atoms with Gasteiger partial charge in [0, 0.05) is 14.1 Å². The largest absolute Gasteiger partial charge is 0.369 e. The van der Waals surface area contributed by atoms with Crippen molar-refractivity contribution in [1.29, 1.82) is 0 Å². The van der Waals surface area contributed by atoms with Crippen LogP contribution in [-0.4, -0.2) is 42.2 Å². The number of thioether (sulfide) groups is 1. The molecule has 0 N–H and O–H groups in total. The summed E-state index contributed by atoms with van der Waals surface area (Å²) in [4.78, 5) is 20.0. The summed E-state index contributed by atoms with van der Waals surface area (Å²) in [5.41, 5.74) is 0. The first-order valence-corrected chi connectivity index (χ1v) is 4.12. The van der Waals surface area contributed by atoms with E-state index in [1.165, 1.54) is 11.8 Å². The van der Waals surface area contributed by atoms with Gasteiger partial charge in [0.2, 0.25) is 0 Å². The number of hydrogen-bond acceptors (Lipinski definition) is 3. The zero-order valence-corrected chi connectivity index (χ0v) is 7.26. The van der Waals surface area contributed by atoms with Gasteiger partial charge < -0.3 is 4.90 Å². The predicted octanol–water partition coefficient (Wildman–Crippen LogP) is 0.206. The molecule has 11 heavy (non-hydrogen) atoms. The van der Waals surface area contributed by atoms with Crippen molar-refractivity contribution in [3.05, 3.63) is 0 Å². The average molecular weight is 171 g/mol. The Labute approximate surface area is 69.4 Å². The summed E-state index contributed by atoms with van der Waals surface area (Å²) in [7, 11) is 3.73. The van der Waals surface area contributed by atoms with Crippen LogP contribution in [0.25, 0.3) is 0 Å². The third-order valence-corrected chi connectivity index (χ3v) is 1.79. The molecule has 1 amide bonds. The van der Waals surface area contributed by atoms with Crippen molar-refractivity contribution >= 4 is 29.2 Å². The molecule has 4 nitrogen and oxygen atoms in total. The fraction of sp³-hybridized carbons (Fsp3) is 0.500. The van der Waals surface area contributed by atoms with Gasteiger partial charge >= 0.3 is 0 Å². The molecule has 0 atom stereocenters. The molecule has 0 saturated carbocycles. The number of hydrogen-bond donors (Lipinski definition) is 0. The van der Waals surface area contributed by atoms with E-state index in [2.05, 4.69) is 9.98 Å². The van der Waals surface area contributed by atoms with Gasteiger partial charge in [0.25, 0.3) is 5.91 Å². The third-order valence-electron chi connectivity index (χ3n) is 0.944. The van der Waals surface area contributed by atoms with Crippen LogP contribution in [-0.2, 0) is 4.79 Å². The van der Waals surface area contributed by atoms with Gasteiger partial charge in [-0.3, -0.25) is 4.79 Å². The monoisotopic (exact) mass is 171 g/mol. The summed E-state index contributed by atoms with van der Waals surface area (Å²) < 4.78 is 0. The van der Waals surface area contributed by atoms with Gasteiger partial charge in [-0.2, -0.15) is 4.99 Å². The molecular weight excluding hydrogens is 162 g/mol. The van der Waals surface area contributed by atoms with Crippen molar-refractivity contribution in [3.63, 3.8) is 0 Å². The summed E-state index contributed by atoms with van der Waals surface area (Å²) >= 11 is 1.37. The first kappa shape index (κ1) is 8.26. The van der Waals surface area contributed by atoms with Gasteiger partial charge in [0.15, 0.2) is 5.17 Å². The molecule has 0 fully saturated rings. The Kier molecular flexibility index (Phi) is 2.64. The number of amidine groups is 1. The van der Waals surface area contributed by atoms with E-state index in [1.54, 1.807) is 11.2 Å². The lowest BCUT2D eigenvalue weighted by Gasteiger charge is -2.00. The molecule has 1 aliphatic rings. The number of aliphatic imine (C=N–C) groups is 2. The Morgan fingerprint density at radius 3 is 2.91 bits per heavy atom. The summed E-state index contributed by atoms with van der Waals surface area (Å²) in [6.07, 6.45) is 1.63. The minimum atomic E-state index is -0.0964. The molecule has 0 aromatic carbocycles. The summed E-state index contributed by atoms with van der Waals surface area (Å²) in [6.45, 7) is 0. The second-order valence-electron chi connectivity index (χ2n) is 2.28. The van der Waals surface area contributed by atoms with E-state index < -0.39 is 0 Å². The van der Waals surface area contributed by atoms with Crippen LogP contribution < -0.4 is 0 Å². The van der Waals surface area contributed by atoms with E-state index in [0.717, 1.165) is 0 Å². The number of rotatable bonds is 1. The minimum Gasteiger partial charge on any atom is -0.369 e. The lowest BCUT2D eigenvalue weighted by atomic mass is 10.7. The molecule has 0 spiro atoms. The Morgan fingerprint density at radius 1 is 1.73 bits per heavy atom. The number of amides is 1. The highest BCUT2D eigenvalue weighted by molar-refractivity contribution is 8.14. The van der Waals surface area contributed by atoms with Crippen molar-refractivity contribution in [2.24, 2.45) is 9.98 Å². The summed E-state index contributed by atoms with van der Waals surface area (Å²) in [5.74, 6) is 0.334. The minimum absolute atomic E-state index is 0.0964. The maximum absolute atomic E-state index is 10.6. The Morgan fingerprint density at radius 2 is 2.45 bits per heavy atom. The van der Waals surface area contributed by atoms with Crippen molar-refractivity contribution in [2.75, 3.05) is 19.8 Å². The average Bonchev–Trinajstić information content (AvgIpc) is 2.31. The van der Waals surface area contributed by atoms with Crippen molar-refractivity contribution in [3.8, 4) is 0 Å². The molecule has 0 bridgehead atoms. The molecule has 0 aliphatic carbocycles. The normalized spacial score (nSPS) is 17.6. The number of carbonyl (C=O) groups excluding carboxylic acids is 1. The van der Waals surface area contributed by atoms with Crippen LogP contribution in [0.2, 0.25) is 0 Å². The highest BCUT2D eigenvalue weighted by Crippen LogP contribution is 2.12. The molecule has 1 rings (SSSR count). The topological polar surface area (TPSA) is 45.0 Å². The van der Waals surface area contributed by atoms with Gasteiger partial charge in [-0.15, -0.1) is 0 Å². The van der Waals surface area contributed by atoms with Gasteiger partial charge in [0.05, 0.1) is 12.1 Å². The molecule has 0 saturated heterocycles. The van der Waals surface area contributed by atoms with Crippen LogP contribution in [0, 0.1) is 0 Å². The molecule has 0 aromatic rings. The highest BCUT2D eigenvalue weighted by Gasteiger charge is 2.12. The zero-order chi connectivity index (χ0) is 8.27. The van der Waals surface area contributed by atoms with Crippen LogP contribution in [0.5, 0.6) is 0 Å². The van der Waals surface area contributed by atoms with Crippen molar-refractivity contribution in [1.82, 2.24) is 4.90 Å². The smallest absolute Gasteiger partial charge is 0.258 e. The third kappa shape index (κ3) is 2.71. The van der Waals surface area contributed by atoms with E-state index in [0.29, 0.717) is 10.9 Å². The Hall–Kier alpha value is -0.840. The van der Waals surface area contributed by atoms with Gasteiger partial charge in [0.1, 0.15) is 0 Å². The summed E-state index contributed by atoms with van der Waals surface area (Å²) in [6, 6.07) is 0. The molecule has 1 heterocycles. The van der Waals surface area contributed by atoms with Crippen LogP contribution in [0.4, 0.5) is 0 Å². The van der Waals surface area contributed by atoms with Crippen LogP contribution in [0.15, 0.2) is 9.98 Å². The van der Waals surface area contributed by atoms with E-state index in [1.807, 2.05) is 14.1 Å². The number of carbonyl (C=O) groups is 1. The lowest BCUT2D eigenvalue weighted by Crippen LogP contribution is -2.08. The quantitative estimate of drug-likeness (QED) is 0.418. The van der Waals surface area contributed by atoms with Crippen LogP contribution in [0.1, 0.15) is 0 Å². The first-order valence-electron chi connectivity index (χ1n) is 3.13. The maximum atomic E-state index is 10.6.